The van der Waals surface area contributed by atoms with Crippen molar-refractivity contribution in [3.05, 3.63) is 35.9 Å². The van der Waals surface area contributed by atoms with Gasteiger partial charge in [0.05, 0.1) is 18.4 Å². The number of benzene rings is 1. The van der Waals surface area contributed by atoms with Crippen LogP contribution < -0.4 is 0 Å². The molecule has 0 unspecified atom stereocenters. The third-order valence-electron chi connectivity index (χ3n) is 3.70. The van der Waals surface area contributed by atoms with Crippen LogP contribution in [0.3, 0.4) is 0 Å². The standard InChI is InChI=1S/C19H28F3O6P/c1-13(2)27-29(24,28-14(3)4)12-15(5)26-17(23)18(25-6,19(20,21)22)16-10-8-7-9-11-16/h7-11,13-15H,12H2,1-6H3/t15-,18-/m1/s1. The molecule has 0 saturated heterocycles. The summed E-state index contributed by atoms with van der Waals surface area (Å²) in [5.74, 6) is -1.66. The van der Waals surface area contributed by atoms with Crippen molar-refractivity contribution in [2.24, 2.45) is 0 Å². The second-order valence-electron chi connectivity index (χ2n) is 7.07. The van der Waals surface area contributed by atoms with Crippen molar-refractivity contribution in [1.29, 1.82) is 0 Å². The zero-order valence-corrected chi connectivity index (χ0v) is 18.3. The summed E-state index contributed by atoms with van der Waals surface area (Å²) in [7, 11) is -2.94. The lowest BCUT2D eigenvalue weighted by atomic mass is 9.92. The van der Waals surface area contributed by atoms with Gasteiger partial charge < -0.3 is 18.5 Å². The Kier molecular flexibility index (Phi) is 8.90. The molecule has 0 aliphatic heterocycles. The minimum atomic E-state index is -5.09. The van der Waals surface area contributed by atoms with E-state index in [0.717, 1.165) is 19.2 Å². The van der Waals surface area contributed by atoms with Crippen molar-refractivity contribution in [3.63, 3.8) is 0 Å². The highest BCUT2D eigenvalue weighted by molar-refractivity contribution is 7.53. The van der Waals surface area contributed by atoms with Crippen LogP contribution >= 0.6 is 7.60 Å². The number of carbonyl (C=O) groups is 1. The van der Waals surface area contributed by atoms with Crippen LogP contribution in [0, 0.1) is 0 Å². The topological polar surface area (TPSA) is 71.1 Å². The lowest BCUT2D eigenvalue weighted by Crippen LogP contribution is -2.52. The van der Waals surface area contributed by atoms with Gasteiger partial charge in [-0.2, -0.15) is 13.2 Å². The highest BCUT2D eigenvalue weighted by atomic mass is 31.2. The van der Waals surface area contributed by atoms with Crippen LogP contribution in [0.5, 0.6) is 0 Å². The summed E-state index contributed by atoms with van der Waals surface area (Å²) in [6, 6.07) is 6.46. The second-order valence-corrected chi connectivity index (χ2v) is 9.08. The Bertz CT molecular complexity index is 694. The maximum absolute atomic E-state index is 13.9. The molecule has 0 bridgehead atoms. The van der Waals surface area contributed by atoms with E-state index >= 15 is 0 Å². The first kappa shape index (κ1) is 25.6. The van der Waals surface area contributed by atoms with E-state index in [2.05, 4.69) is 4.74 Å². The van der Waals surface area contributed by atoms with E-state index in [4.69, 9.17) is 13.8 Å². The molecule has 0 aromatic heterocycles. The summed E-state index contributed by atoms with van der Waals surface area (Å²) in [6.07, 6.45) is -7.60. The number of halogens is 3. The van der Waals surface area contributed by atoms with E-state index in [1.54, 1.807) is 27.7 Å². The molecule has 0 heterocycles. The molecule has 6 nitrogen and oxygen atoms in total. The van der Waals surface area contributed by atoms with Crippen LogP contribution in [-0.2, 0) is 33.5 Å². The highest BCUT2D eigenvalue weighted by Crippen LogP contribution is 2.51. The van der Waals surface area contributed by atoms with E-state index in [1.807, 2.05) is 0 Å². The first-order valence-corrected chi connectivity index (χ1v) is 10.8. The molecule has 0 spiro atoms. The van der Waals surface area contributed by atoms with Crippen molar-refractivity contribution in [2.45, 2.75) is 64.7 Å². The normalized spacial score (nSPS) is 16.0. The van der Waals surface area contributed by atoms with Crippen LogP contribution in [0.4, 0.5) is 13.2 Å². The lowest BCUT2D eigenvalue weighted by molar-refractivity contribution is -0.277. The predicted molar refractivity (Wildman–Crippen MR) is 102 cm³/mol. The fourth-order valence-electron chi connectivity index (χ4n) is 2.76. The maximum Gasteiger partial charge on any atom is 0.432 e. The Morgan fingerprint density at radius 3 is 1.86 bits per heavy atom. The number of alkyl halides is 3. The molecule has 1 aromatic carbocycles. The zero-order valence-electron chi connectivity index (χ0n) is 17.4. The number of rotatable bonds is 10. The second kappa shape index (κ2) is 10.1. The Morgan fingerprint density at radius 1 is 1.00 bits per heavy atom. The van der Waals surface area contributed by atoms with Gasteiger partial charge in [-0.1, -0.05) is 30.3 Å². The summed E-state index contributed by atoms with van der Waals surface area (Å²) in [5, 5.41) is 0. The minimum absolute atomic E-state index is 0.401. The molecular weight excluding hydrogens is 412 g/mol. The van der Waals surface area contributed by atoms with E-state index in [1.165, 1.54) is 25.1 Å². The zero-order chi connectivity index (χ0) is 22.5. The van der Waals surface area contributed by atoms with Crippen molar-refractivity contribution in [2.75, 3.05) is 13.3 Å². The van der Waals surface area contributed by atoms with E-state index in [0.29, 0.717) is 0 Å². The Labute approximate surface area is 169 Å². The third kappa shape index (κ3) is 6.54. The maximum atomic E-state index is 13.9. The first-order valence-electron chi connectivity index (χ1n) is 9.11. The number of hydrogen-bond donors (Lipinski definition) is 0. The third-order valence-corrected chi connectivity index (χ3v) is 6.15. The Balaban J connectivity index is 3.15. The highest BCUT2D eigenvalue weighted by Gasteiger charge is 2.64. The summed E-state index contributed by atoms with van der Waals surface area (Å²) in [4.78, 5) is 12.6. The molecule has 0 radical (unpaired) electrons. The fraction of sp³-hybridized carbons (Fsp3) is 0.632. The van der Waals surface area contributed by atoms with Crippen molar-refractivity contribution >= 4 is 13.6 Å². The molecule has 0 amide bonds. The number of ether oxygens (including phenoxy) is 2. The van der Waals surface area contributed by atoms with Crippen molar-refractivity contribution in [1.82, 2.24) is 0 Å². The number of carbonyl (C=O) groups excluding carboxylic acids is 1. The molecule has 166 valence electrons. The Hall–Kier alpha value is -1.41. The van der Waals surface area contributed by atoms with Gasteiger partial charge in [-0.05, 0) is 34.6 Å². The van der Waals surface area contributed by atoms with Gasteiger partial charge in [0.25, 0.3) is 5.60 Å². The van der Waals surface area contributed by atoms with Gasteiger partial charge in [0.1, 0.15) is 6.10 Å². The quantitative estimate of drug-likeness (QED) is 0.374. The average Bonchev–Trinajstić information content (AvgIpc) is 2.53. The number of esters is 1. The molecule has 1 rings (SSSR count). The van der Waals surface area contributed by atoms with Gasteiger partial charge in [0.15, 0.2) is 0 Å². The van der Waals surface area contributed by atoms with Crippen molar-refractivity contribution < 1.29 is 41.1 Å². The van der Waals surface area contributed by atoms with Gasteiger partial charge in [0, 0.05) is 12.7 Å². The minimum Gasteiger partial charge on any atom is -0.459 e. The lowest BCUT2D eigenvalue weighted by Gasteiger charge is -2.33. The largest absolute Gasteiger partial charge is 0.459 e. The number of hydrogen-bond acceptors (Lipinski definition) is 6. The predicted octanol–water partition coefficient (Wildman–Crippen LogP) is 5.07. The number of methoxy groups -OCH3 is 1. The summed E-state index contributed by atoms with van der Waals surface area (Å²) >= 11 is 0. The van der Waals surface area contributed by atoms with Crippen LogP contribution in [0.1, 0.15) is 40.2 Å². The first-order chi connectivity index (χ1) is 13.3. The van der Waals surface area contributed by atoms with Gasteiger partial charge in [0.2, 0.25) is 0 Å². The van der Waals surface area contributed by atoms with Gasteiger partial charge >= 0.3 is 19.7 Å². The SMILES string of the molecule is CO[C@@](C(=O)O[C@H](C)CP(=O)(OC(C)C)OC(C)C)(c1ccccc1)C(F)(F)F. The van der Waals surface area contributed by atoms with Crippen LogP contribution in [-0.4, -0.2) is 43.7 Å². The van der Waals surface area contributed by atoms with E-state index in [9.17, 15) is 22.5 Å². The molecule has 0 fully saturated rings. The fourth-order valence-corrected chi connectivity index (χ4v) is 4.97. The molecule has 1 aromatic rings. The monoisotopic (exact) mass is 440 g/mol. The van der Waals surface area contributed by atoms with Crippen LogP contribution in [0.2, 0.25) is 0 Å². The smallest absolute Gasteiger partial charge is 0.432 e. The molecule has 2 atom stereocenters. The molecule has 0 N–H and O–H groups in total. The van der Waals surface area contributed by atoms with E-state index in [-0.39, 0.29) is 0 Å². The average molecular weight is 440 g/mol. The summed E-state index contributed by atoms with van der Waals surface area (Å²) in [6.45, 7) is 7.88. The molecule has 0 aliphatic rings. The van der Waals surface area contributed by atoms with Crippen LogP contribution in [0.25, 0.3) is 0 Å². The molecule has 0 aliphatic carbocycles. The van der Waals surface area contributed by atoms with Crippen molar-refractivity contribution in [3.8, 4) is 0 Å². The Morgan fingerprint density at radius 2 is 1.48 bits per heavy atom. The van der Waals surface area contributed by atoms with Crippen LogP contribution in [0.15, 0.2) is 30.3 Å². The summed E-state index contributed by atoms with van der Waals surface area (Å²) in [5.41, 5.74) is -3.74. The summed E-state index contributed by atoms with van der Waals surface area (Å²) < 4.78 is 75.1. The molecule has 10 heteroatoms. The van der Waals surface area contributed by atoms with Gasteiger partial charge in [-0.25, -0.2) is 4.79 Å². The van der Waals surface area contributed by atoms with Gasteiger partial charge in [-0.15, -0.1) is 0 Å². The molecule has 0 saturated carbocycles. The van der Waals surface area contributed by atoms with Gasteiger partial charge in [-0.3, -0.25) is 4.57 Å². The molecular formula is C19H28F3O6P. The molecule has 29 heavy (non-hydrogen) atoms. The van der Waals surface area contributed by atoms with E-state index < -0.39 is 55.4 Å².